The monoisotopic (exact) mass is 628 g/mol. The number of methoxy groups -OCH3 is 5. The van der Waals surface area contributed by atoms with Gasteiger partial charge < -0.3 is 28.6 Å². The van der Waals surface area contributed by atoms with E-state index in [0.717, 1.165) is 62.5 Å². The van der Waals surface area contributed by atoms with E-state index in [4.69, 9.17) is 23.7 Å². The fraction of sp³-hybridized carbons (Fsp3) is 0.200. The van der Waals surface area contributed by atoms with E-state index in [9.17, 15) is 25.2 Å². The van der Waals surface area contributed by atoms with Gasteiger partial charge in [0.05, 0.1) is 58.5 Å². The van der Waals surface area contributed by atoms with Crippen molar-refractivity contribution in [1.29, 1.82) is 0 Å². The maximum atomic E-state index is 9.87. The molecule has 0 aliphatic carbocycles. The second-order valence-electron chi connectivity index (χ2n) is 9.26. The average molecular weight is 629 g/mol. The first-order valence-electron chi connectivity index (χ1n) is 12.7. The molecular formula is C30H29F6NO5P-. The van der Waals surface area contributed by atoms with Gasteiger partial charge in [0, 0.05) is 16.7 Å². The Hall–Kier alpha value is -4.31. The van der Waals surface area contributed by atoms with Crippen LogP contribution in [-0.4, -0.2) is 35.5 Å². The summed E-state index contributed by atoms with van der Waals surface area (Å²) in [7, 11) is -2.24. The molecule has 5 rings (SSSR count). The van der Waals surface area contributed by atoms with Gasteiger partial charge >= 0.3 is 33.0 Å². The molecular weight excluding hydrogens is 599 g/mol. The second kappa shape index (κ2) is 11.1. The number of anilines is 3. The first-order chi connectivity index (χ1) is 20.1. The van der Waals surface area contributed by atoms with Crippen molar-refractivity contribution >= 4 is 24.9 Å². The van der Waals surface area contributed by atoms with Crippen LogP contribution in [0.3, 0.4) is 0 Å². The summed E-state index contributed by atoms with van der Waals surface area (Å²) in [6.07, 6.45) is 0. The standard InChI is InChI=1S/C30H29NO5.F6P/c1-32-22-14-7-6-11-19(22)31-20-12-8-15-23(33-2)27(20)30(28-21(31)13-9-16-24(28)34-3)29-25(35-4)17-10-18-26(29)36-5;1-7(2,3,4,5)6/h6-18,30H,1-5H3;/q;-1. The summed E-state index contributed by atoms with van der Waals surface area (Å²) in [5, 5.41) is 0. The van der Waals surface area contributed by atoms with Crippen molar-refractivity contribution in [3.05, 3.63) is 95.6 Å². The normalized spacial score (nSPS) is 14.2. The molecule has 6 nitrogen and oxygen atoms in total. The minimum atomic E-state index is -10.7. The Kier molecular flexibility index (Phi) is 8.14. The predicted octanol–water partition coefficient (Wildman–Crippen LogP) is 10.1. The molecule has 0 aromatic heterocycles. The zero-order chi connectivity index (χ0) is 31.6. The molecule has 43 heavy (non-hydrogen) atoms. The molecule has 0 unspecified atom stereocenters. The van der Waals surface area contributed by atoms with E-state index < -0.39 is 7.81 Å². The van der Waals surface area contributed by atoms with Gasteiger partial charge in [-0.3, -0.25) is 0 Å². The quantitative estimate of drug-likeness (QED) is 0.132. The molecule has 0 saturated carbocycles. The summed E-state index contributed by atoms with van der Waals surface area (Å²) >= 11 is 0. The number of halogens is 6. The Morgan fingerprint density at radius 2 is 0.744 bits per heavy atom. The zero-order valence-corrected chi connectivity index (χ0v) is 24.7. The Morgan fingerprint density at radius 1 is 0.442 bits per heavy atom. The van der Waals surface area contributed by atoms with E-state index in [1.165, 1.54) is 0 Å². The van der Waals surface area contributed by atoms with E-state index in [1.807, 2.05) is 60.7 Å². The van der Waals surface area contributed by atoms with Crippen LogP contribution in [0.2, 0.25) is 0 Å². The fourth-order valence-electron chi connectivity index (χ4n) is 5.19. The molecule has 0 amide bonds. The van der Waals surface area contributed by atoms with Crippen molar-refractivity contribution in [1.82, 2.24) is 0 Å². The van der Waals surface area contributed by atoms with Gasteiger partial charge in [0.1, 0.15) is 28.7 Å². The number of rotatable bonds is 7. The average Bonchev–Trinajstić information content (AvgIpc) is 2.97. The third-order valence-electron chi connectivity index (χ3n) is 6.67. The molecule has 1 aliphatic heterocycles. The number of hydrogen-bond donors (Lipinski definition) is 0. The molecule has 4 aromatic rings. The summed E-state index contributed by atoms with van der Waals surface area (Å²) in [6.45, 7) is 0. The van der Waals surface area contributed by atoms with Gasteiger partial charge in [-0.05, 0) is 48.5 Å². The molecule has 13 heteroatoms. The van der Waals surface area contributed by atoms with Crippen molar-refractivity contribution in [3.8, 4) is 28.7 Å². The van der Waals surface area contributed by atoms with Crippen LogP contribution >= 0.6 is 7.81 Å². The SMILES string of the molecule is COc1ccccc1N1c2cccc(OC)c2C(c2c(OC)cccc2OC)c2c(OC)cccc21.F[P-](F)(F)(F)(F)F. The first-order valence-corrected chi connectivity index (χ1v) is 14.7. The fourth-order valence-corrected chi connectivity index (χ4v) is 5.19. The van der Waals surface area contributed by atoms with Crippen LogP contribution in [-0.2, 0) is 0 Å². The number of hydrogen-bond acceptors (Lipinski definition) is 6. The van der Waals surface area contributed by atoms with Gasteiger partial charge in [-0.1, -0.05) is 30.3 Å². The van der Waals surface area contributed by atoms with Crippen molar-refractivity contribution in [2.75, 3.05) is 40.4 Å². The van der Waals surface area contributed by atoms with Gasteiger partial charge in [-0.25, -0.2) is 0 Å². The predicted molar refractivity (Wildman–Crippen MR) is 155 cm³/mol. The van der Waals surface area contributed by atoms with Crippen LogP contribution in [0.1, 0.15) is 22.6 Å². The van der Waals surface area contributed by atoms with E-state index in [2.05, 4.69) is 23.1 Å². The Bertz CT molecular complexity index is 1540. The van der Waals surface area contributed by atoms with E-state index in [0.29, 0.717) is 0 Å². The van der Waals surface area contributed by atoms with E-state index in [-0.39, 0.29) is 5.92 Å². The minimum absolute atomic E-state index is 0.292. The molecule has 0 bridgehead atoms. The molecule has 232 valence electrons. The second-order valence-corrected chi connectivity index (χ2v) is 11.2. The Labute approximate surface area is 244 Å². The number of ether oxygens (including phenoxy) is 5. The Morgan fingerprint density at radius 3 is 1.14 bits per heavy atom. The van der Waals surface area contributed by atoms with Crippen molar-refractivity contribution < 1.29 is 48.9 Å². The van der Waals surface area contributed by atoms with Crippen LogP contribution in [0.25, 0.3) is 0 Å². The summed E-state index contributed by atoms with van der Waals surface area (Å²) in [4.78, 5) is 2.20. The van der Waals surface area contributed by atoms with Gasteiger partial charge in [-0.2, -0.15) is 0 Å². The van der Waals surface area contributed by atoms with Crippen LogP contribution in [0, 0.1) is 0 Å². The van der Waals surface area contributed by atoms with Crippen molar-refractivity contribution in [2.45, 2.75) is 5.92 Å². The molecule has 0 spiro atoms. The van der Waals surface area contributed by atoms with E-state index in [1.54, 1.807) is 35.5 Å². The van der Waals surface area contributed by atoms with E-state index >= 15 is 0 Å². The molecule has 0 fully saturated rings. The molecule has 0 N–H and O–H groups in total. The van der Waals surface area contributed by atoms with Crippen LogP contribution in [0.4, 0.5) is 42.2 Å². The van der Waals surface area contributed by atoms with Gasteiger partial charge in [0.25, 0.3) is 0 Å². The van der Waals surface area contributed by atoms with Gasteiger partial charge in [0.15, 0.2) is 0 Å². The van der Waals surface area contributed by atoms with Crippen LogP contribution in [0.5, 0.6) is 28.7 Å². The molecule has 0 saturated heterocycles. The molecule has 1 aliphatic rings. The summed E-state index contributed by atoms with van der Waals surface area (Å²) in [5.74, 6) is 3.41. The number of benzene rings is 4. The Balaban J connectivity index is 0.000000541. The third kappa shape index (κ3) is 7.02. The first kappa shape index (κ1) is 31.6. The molecule has 0 atom stereocenters. The maximum absolute atomic E-state index is 10.7. The number of nitrogens with zero attached hydrogens (tertiary/aromatic N) is 1. The van der Waals surface area contributed by atoms with Gasteiger partial charge in [0.2, 0.25) is 0 Å². The molecule has 4 aromatic carbocycles. The topological polar surface area (TPSA) is 49.4 Å². The number of fused-ring (bicyclic) bond motifs is 2. The molecule has 1 heterocycles. The van der Waals surface area contributed by atoms with Crippen LogP contribution in [0.15, 0.2) is 78.9 Å². The zero-order valence-electron chi connectivity index (χ0n) is 23.8. The number of para-hydroxylation sites is 2. The van der Waals surface area contributed by atoms with Crippen LogP contribution < -0.4 is 28.6 Å². The summed E-state index contributed by atoms with van der Waals surface area (Å²) in [6, 6.07) is 26.0. The van der Waals surface area contributed by atoms with Crippen molar-refractivity contribution in [3.63, 3.8) is 0 Å². The summed E-state index contributed by atoms with van der Waals surface area (Å²) < 4.78 is 88.6. The van der Waals surface area contributed by atoms with Crippen molar-refractivity contribution in [2.24, 2.45) is 0 Å². The molecule has 0 radical (unpaired) electrons. The summed E-state index contributed by atoms with van der Waals surface area (Å²) in [5.41, 5.74) is 5.71. The third-order valence-corrected chi connectivity index (χ3v) is 6.67. The van der Waals surface area contributed by atoms with Gasteiger partial charge in [-0.15, -0.1) is 0 Å².